The molecule has 1 aromatic heterocycles. The molecule has 1 heterocycles. The van der Waals surface area contributed by atoms with E-state index in [-0.39, 0.29) is 0 Å². The molecule has 0 aliphatic rings. The average Bonchev–Trinajstić information content (AvgIpc) is 2.72. The molecule has 2 rings (SSSR count). The van der Waals surface area contributed by atoms with Gasteiger partial charge in [-0.1, -0.05) is 6.07 Å². The van der Waals surface area contributed by atoms with Gasteiger partial charge in [0.2, 0.25) is 0 Å². The molecular formula is C15H18N4. The summed E-state index contributed by atoms with van der Waals surface area (Å²) in [6.07, 6.45) is 1.90. The highest BCUT2D eigenvalue weighted by molar-refractivity contribution is 5.37. The van der Waals surface area contributed by atoms with Gasteiger partial charge in [-0.15, -0.1) is 0 Å². The van der Waals surface area contributed by atoms with E-state index in [0.29, 0.717) is 5.56 Å². The molecule has 1 N–H and O–H groups in total. The molecule has 0 aliphatic heterocycles. The topological polar surface area (TPSA) is 53.6 Å². The fourth-order valence-electron chi connectivity index (χ4n) is 2.01. The summed E-state index contributed by atoms with van der Waals surface area (Å²) in [5.41, 5.74) is 5.48. The van der Waals surface area contributed by atoms with Crippen LogP contribution >= 0.6 is 0 Å². The molecule has 0 saturated carbocycles. The van der Waals surface area contributed by atoms with Crippen molar-refractivity contribution in [2.45, 2.75) is 26.9 Å². The molecule has 0 unspecified atom stereocenters. The predicted octanol–water partition coefficient (Wildman–Crippen LogP) is 2.20. The van der Waals surface area contributed by atoms with E-state index >= 15 is 0 Å². The van der Waals surface area contributed by atoms with Gasteiger partial charge in [-0.25, -0.2) is 0 Å². The van der Waals surface area contributed by atoms with Crippen molar-refractivity contribution in [2.24, 2.45) is 7.05 Å². The molecule has 4 nitrogen and oxygen atoms in total. The van der Waals surface area contributed by atoms with Gasteiger partial charge in [0.15, 0.2) is 0 Å². The Morgan fingerprint density at radius 3 is 2.58 bits per heavy atom. The zero-order valence-corrected chi connectivity index (χ0v) is 11.6. The molecule has 0 amide bonds. The SMILES string of the molecule is Cc1cc(C#N)ccc1CNCc1cnn(C)c1C. The molecule has 98 valence electrons. The van der Waals surface area contributed by atoms with Gasteiger partial charge < -0.3 is 5.32 Å². The maximum Gasteiger partial charge on any atom is 0.0991 e. The Labute approximate surface area is 113 Å². The summed E-state index contributed by atoms with van der Waals surface area (Å²) in [5.74, 6) is 0. The Morgan fingerprint density at radius 1 is 1.26 bits per heavy atom. The second-order valence-electron chi connectivity index (χ2n) is 4.74. The number of hydrogen-bond donors (Lipinski definition) is 1. The molecule has 4 heteroatoms. The van der Waals surface area contributed by atoms with E-state index in [2.05, 4.69) is 23.4 Å². The van der Waals surface area contributed by atoms with Crippen LogP contribution in [0, 0.1) is 25.2 Å². The minimum atomic E-state index is 0.712. The Bertz CT molecular complexity index is 620. The number of aryl methyl sites for hydroxylation is 2. The van der Waals surface area contributed by atoms with Crippen molar-refractivity contribution in [1.82, 2.24) is 15.1 Å². The Morgan fingerprint density at radius 2 is 2.00 bits per heavy atom. The van der Waals surface area contributed by atoms with Gasteiger partial charge in [0.05, 0.1) is 17.8 Å². The van der Waals surface area contributed by atoms with Gasteiger partial charge in [-0.05, 0) is 37.1 Å². The number of nitrogens with one attached hydrogen (secondary N) is 1. The molecule has 0 bridgehead atoms. The number of hydrogen-bond acceptors (Lipinski definition) is 3. The van der Waals surface area contributed by atoms with Gasteiger partial charge in [0.1, 0.15) is 0 Å². The third-order valence-electron chi connectivity index (χ3n) is 3.44. The minimum absolute atomic E-state index is 0.712. The van der Waals surface area contributed by atoms with Gasteiger partial charge >= 0.3 is 0 Å². The zero-order chi connectivity index (χ0) is 13.8. The summed E-state index contributed by atoms with van der Waals surface area (Å²) in [6, 6.07) is 7.95. The molecule has 19 heavy (non-hydrogen) atoms. The maximum absolute atomic E-state index is 8.84. The summed E-state index contributed by atoms with van der Waals surface area (Å²) in [7, 11) is 1.95. The smallest absolute Gasteiger partial charge is 0.0991 e. The van der Waals surface area contributed by atoms with Crippen LogP contribution in [0.15, 0.2) is 24.4 Å². The second-order valence-corrected chi connectivity index (χ2v) is 4.74. The third-order valence-corrected chi connectivity index (χ3v) is 3.44. The Hall–Kier alpha value is -2.12. The summed E-state index contributed by atoms with van der Waals surface area (Å²) < 4.78 is 1.88. The lowest BCUT2D eigenvalue weighted by Crippen LogP contribution is -2.14. The van der Waals surface area contributed by atoms with Crippen LogP contribution in [-0.4, -0.2) is 9.78 Å². The summed E-state index contributed by atoms with van der Waals surface area (Å²) in [5, 5.41) is 16.5. The van der Waals surface area contributed by atoms with E-state index in [4.69, 9.17) is 5.26 Å². The summed E-state index contributed by atoms with van der Waals surface area (Å²) in [4.78, 5) is 0. The first-order chi connectivity index (χ1) is 9.11. The van der Waals surface area contributed by atoms with Crippen molar-refractivity contribution in [1.29, 1.82) is 5.26 Å². The summed E-state index contributed by atoms with van der Waals surface area (Å²) in [6.45, 7) is 5.70. The standard InChI is InChI=1S/C15H18N4/c1-11-6-13(7-16)4-5-14(11)8-17-9-15-10-18-19(3)12(15)2/h4-6,10,17H,8-9H2,1-3H3. The summed E-state index contributed by atoms with van der Waals surface area (Å²) >= 11 is 0. The largest absolute Gasteiger partial charge is 0.308 e. The molecule has 0 atom stereocenters. The molecule has 1 aromatic carbocycles. The molecule has 0 saturated heterocycles. The van der Waals surface area contributed by atoms with Crippen LogP contribution in [0.4, 0.5) is 0 Å². The first-order valence-electron chi connectivity index (χ1n) is 6.29. The van der Waals surface area contributed by atoms with E-state index in [0.717, 1.165) is 18.7 Å². The second kappa shape index (κ2) is 5.68. The van der Waals surface area contributed by atoms with Crippen molar-refractivity contribution in [3.8, 4) is 6.07 Å². The quantitative estimate of drug-likeness (QED) is 0.910. The molecule has 0 spiro atoms. The van der Waals surface area contributed by atoms with Crippen LogP contribution in [0.2, 0.25) is 0 Å². The van der Waals surface area contributed by atoms with Crippen LogP contribution in [0.1, 0.15) is 27.9 Å². The number of nitrogens with zero attached hydrogens (tertiary/aromatic N) is 3. The molecule has 0 radical (unpaired) electrons. The number of nitriles is 1. The molecular weight excluding hydrogens is 236 g/mol. The van der Waals surface area contributed by atoms with Crippen LogP contribution in [0.3, 0.4) is 0 Å². The van der Waals surface area contributed by atoms with Crippen LogP contribution in [-0.2, 0) is 20.1 Å². The van der Waals surface area contributed by atoms with Crippen LogP contribution < -0.4 is 5.32 Å². The van der Waals surface area contributed by atoms with Gasteiger partial charge in [0, 0.05) is 31.4 Å². The lowest BCUT2D eigenvalue weighted by molar-refractivity contribution is 0.682. The van der Waals surface area contributed by atoms with Crippen molar-refractivity contribution >= 4 is 0 Å². The molecule has 2 aromatic rings. The van der Waals surface area contributed by atoms with E-state index in [1.807, 2.05) is 43.0 Å². The Balaban J connectivity index is 1.96. The monoisotopic (exact) mass is 254 g/mol. The zero-order valence-electron chi connectivity index (χ0n) is 11.6. The van der Waals surface area contributed by atoms with Crippen LogP contribution in [0.5, 0.6) is 0 Å². The van der Waals surface area contributed by atoms with Crippen molar-refractivity contribution in [3.63, 3.8) is 0 Å². The molecule has 0 aliphatic carbocycles. The fraction of sp³-hybridized carbons (Fsp3) is 0.333. The lowest BCUT2D eigenvalue weighted by Gasteiger charge is -2.08. The predicted molar refractivity (Wildman–Crippen MR) is 74.4 cm³/mol. The van der Waals surface area contributed by atoms with Crippen LogP contribution in [0.25, 0.3) is 0 Å². The third kappa shape index (κ3) is 3.01. The number of aromatic nitrogens is 2. The highest BCUT2D eigenvalue weighted by Crippen LogP contribution is 2.11. The normalized spacial score (nSPS) is 10.4. The van der Waals surface area contributed by atoms with E-state index in [9.17, 15) is 0 Å². The van der Waals surface area contributed by atoms with E-state index in [1.165, 1.54) is 16.8 Å². The first kappa shape index (κ1) is 13.3. The van der Waals surface area contributed by atoms with Crippen molar-refractivity contribution < 1.29 is 0 Å². The lowest BCUT2D eigenvalue weighted by atomic mass is 10.1. The fourth-order valence-corrected chi connectivity index (χ4v) is 2.01. The average molecular weight is 254 g/mol. The number of rotatable bonds is 4. The first-order valence-corrected chi connectivity index (χ1v) is 6.29. The Kier molecular flexibility index (Phi) is 3.98. The van der Waals surface area contributed by atoms with Crippen molar-refractivity contribution in [2.75, 3.05) is 0 Å². The van der Waals surface area contributed by atoms with Gasteiger partial charge in [-0.2, -0.15) is 10.4 Å². The highest BCUT2D eigenvalue weighted by Gasteiger charge is 2.04. The van der Waals surface area contributed by atoms with Crippen molar-refractivity contribution in [3.05, 3.63) is 52.3 Å². The van der Waals surface area contributed by atoms with Gasteiger partial charge in [-0.3, -0.25) is 4.68 Å². The number of benzene rings is 1. The highest BCUT2D eigenvalue weighted by atomic mass is 15.3. The molecule has 0 fully saturated rings. The van der Waals surface area contributed by atoms with Gasteiger partial charge in [0.25, 0.3) is 0 Å². The minimum Gasteiger partial charge on any atom is -0.308 e. The van der Waals surface area contributed by atoms with E-state index < -0.39 is 0 Å². The maximum atomic E-state index is 8.84. The van der Waals surface area contributed by atoms with E-state index in [1.54, 1.807) is 0 Å².